The third kappa shape index (κ3) is 1.49. The summed E-state index contributed by atoms with van der Waals surface area (Å²) in [6.45, 7) is 6.75. The van der Waals surface area contributed by atoms with E-state index < -0.39 is 5.66 Å². The molecule has 1 atom stereocenters. The smallest absolute Gasteiger partial charge is 0.425 e. The van der Waals surface area contributed by atoms with E-state index in [1.807, 2.05) is 0 Å². The van der Waals surface area contributed by atoms with Gasteiger partial charge in [-0.25, -0.2) is 0 Å². The van der Waals surface area contributed by atoms with Crippen molar-refractivity contribution in [2.75, 3.05) is 0 Å². The van der Waals surface area contributed by atoms with Gasteiger partial charge in [-0.3, -0.25) is 0 Å². The van der Waals surface area contributed by atoms with Gasteiger partial charge in [-0.15, -0.1) is 9.13 Å². The Bertz CT molecular complexity index is 1980. The molecule has 0 bridgehead atoms. The minimum Gasteiger partial charge on any atom is -0.456 e. The lowest BCUT2D eigenvalue weighted by molar-refractivity contribution is -0.950. The average molecular weight is 440 g/mol. The highest BCUT2D eigenvalue weighted by atomic mass is 16.5. The fourth-order valence-electron chi connectivity index (χ4n) is 7.21. The maximum Gasteiger partial charge on any atom is 0.425 e. The summed E-state index contributed by atoms with van der Waals surface area (Å²) in [7, 11) is 0. The molecule has 1 spiro atoms. The molecule has 1 unspecified atom stereocenters. The van der Waals surface area contributed by atoms with E-state index in [1.54, 1.807) is 0 Å². The number of hydrogen-bond donors (Lipinski definition) is 0. The number of nitrogens with zero attached hydrogens (tertiary/aromatic N) is 3. The van der Waals surface area contributed by atoms with E-state index in [2.05, 4.69) is 107 Å². The molecule has 160 valence electrons. The third-order valence-electron chi connectivity index (χ3n) is 8.67. The Labute approximate surface area is 195 Å². The zero-order chi connectivity index (χ0) is 22.5. The Hall–Kier alpha value is -4.18. The van der Waals surface area contributed by atoms with Crippen LogP contribution in [0.4, 0.5) is 0 Å². The highest BCUT2D eigenvalue weighted by Crippen LogP contribution is 2.57. The van der Waals surface area contributed by atoms with Crippen molar-refractivity contribution in [3.05, 3.63) is 101 Å². The van der Waals surface area contributed by atoms with E-state index in [9.17, 15) is 0 Å². The van der Waals surface area contributed by atoms with Crippen molar-refractivity contribution in [1.82, 2.24) is 4.40 Å². The van der Waals surface area contributed by atoms with Crippen LogP contribution in [0, 0.1) is 20.8 Å². The first-order valence-electron chi connectivity index (χ1n) is 11.9. The molecule has 2 aromatic carbocycles. The first kappa shape index (κ1) is 17.3. The minimum atomic E-state index is -0.492. The monoisotopic (exact) mass is 439 g/mol. The summed E-state index contributed by atoms with van der Waals surface area (Å²) in [5.74, 6) is 1.89. The van der Waals surface area contributed by atoms with Gasteiger partial charge in [0.05, 0.1) is 27.4 Å². The van der Waals surface area contributed by atoms with Crippen LogP contribution in [0.1, 0.15) is 27.9 Å². The molecule has 0 N–H and O–H groups in total. The summed E-state index contributed by atoms with van der Waals surface area (Å²) >= 11 is 0. The summed E-state index contributed by atoms with van der Waals surface area (Å²) in [5, 5.41) is 2.59. The van der Waals surface area contributed by atoms with Crippen molar-refractivity contribution in [3.8, 4) is 22.8 Å². The van der Waals surface area contributed by atoms with Crippen LogP contribution in [0.3, 0.4) is 0 Å². The number of fused-ring (bicyclic) bond motifs is 5. The first-order valence-corrected chi connectivity index (χ1v) is 11.9. The standard InChI is InChI=1S/C30H21N3O/c1-16-17(2)28-20-9-7-15-32-29(20)25-22(33(28)18(16)3)12-13-24-27(25)30(32)26-19(8-6-11-23(26)34-24)21-10-4-5-14-31(21)30/h4-15H,1-3H3/q+2. The molecule has 4 aromatic heterocycles. The number of aromatic nitrogens is 3. The zero-order valence-corrected chi connectivity index (χ0v) is 19.2. The normalized spacial score (nSPS) is 18.2. The molecule has 4 nitrogen and oxygen atoms in total. The molecular weight excluding hydrogens is 418 g/mol. The Kier molecular flexibility index (Phi) is 2.62. The molecule has 0 radical (unpaired) electrons. The van der Waals surface area contributed by atoms with Gasteiger partial charge in [0.15, 0.2) is 23.5 Å². The maximum atomic E-state index is 6.65. The van der Waals surface area contributed by atoms with Crippen molar-refractivity contribution in [2.24, 2.45) is 0 Å². The highest BCUT2D eigenvalue weighted by Gasteiger charge is 2.70. The van der Waals surface area contributed by atoms with Gasteiger partial charge in [0, 0.05) is 23.9 Å². The lowest BCUT2D eigenvalue weighted by Crippen LogP contribution is -2.71. The molecule has 3 aliphatic rings. The molecule has 9 rings (SSSR count). The van der Waals surface area contributed by atoms with Crippen LogP contribution < -0.4 is 13.9 Å². The third-order valence-corrected chi connectivity index (χ3v) is 8.67. The van der Waals surface area contributed by atoms with Gasteiger partial charge in [0.25, 0.3) is 0 Å². The Morgan fingerprint density at radius 3 is 2.53 bits per heavy atom. The van der Waals surface area contributed by atoms with Gasteiger partial charge in [-0.2, -0.15) is 0 Å². The molecule has 34 heavy (non-hydrogen) atoms. The van der Waals surface area contributed by atoms with Crippen LogP contribution in [0.5, 0.6) is 11.5 Å². The van der Waals surface area contributed by atoms with E-state index in [4.69, 9.17) is 4.74 Å². The van der Waals surface area contributed by atoms with Crippen LogP contribution >= 0.6 is 0 Å². The van der Waals surface area contributed by atoms with Crippen LogP contribution in [0.25, 0.3) is 38.6 Å². The van der Waals surface area contributed by atoms with E-state index in [1.165, 1.54) is 66.5 Å². The molecular formula is C30H21N3O+2. The molecule has 0 saturated heterocycles. The van der Waals surface area contributed by atoms with Crippen molar-refractivity contribution in [2.45, 2.75) is 26.4 Å². The molecule has 0 amide bonds. The van der Waals surface area contributed by atoms with Crippen molar-refractivity contribution in [3.63, 3.8) is 0 Å². The Morgan fingerprint density at radius 2 is 1.62 bits per heavy atom. The second kappa shape index (κ2) is 5.15. The number of pyridine rings is 3. The molecule has 7 heterocycles. The summed E-state index contributed by atoms with van der Waals surface area (Å²) in [5.41, 5.74) is 12.3. The van der Waals surface area contributed by atoms with Crippen LogP contribution in [0.2, 0.25) is 0 Å². The Balaban J connectivity index is 1.65. The number of benzene rings is 2. The number of aryl methyl sites for hydroxylation is 2. The van der Waals surface area contributed by atoms with Gasteiger partial charge < -0.3 is 9.14 Å². The first-order chi connectivity index (χ1) is 16.6. The molecule has 3 aliphatic heterocycles. The highest BCUT2D eigenvalue weighted by molar-refractivity contribution is 6.14. The fourth-order valence-corrected chi connectivity index (χ4v) is 7.21. The largest absolute Gasteiger partial charge is 0.456 e. The maximum absolute atomic E-state index is 6.65. The van der Waals surface area contributed by atoms with E-state index in [0.29, 0.717) is 0 Å². The van der Waals surface area contributed by atoms with E-state index in [-0.39, 0.29) is 0 Å². The minimum absolute atomic E-state index is 0.492. The molecule has 6 aromatic rings. The molecule has 4 heteroatoms. The predicted molar refractivity (Wildman–Crippen MR) is 131 cm³/mol. The topological polar surface area (TPSA) is 21.4 Å². The molecule has 0 saturated carbocycles. The Morgan fingerprint density at radius 1 is 0.765 bits per heavy atom. The lowest BCUT2D eigenvalue weighted by atomic mass is 9.86. The number of hydrogen-bond acceptors (Lipinski definition) is 1. The molecule has 0 fully saturated rings. The zero-order valence-electron chi connectivity index (χ0n) is 19.2. The summed E-state index contributed by atoms with van der Waals surface area (Å²) < 4.78 is 14.1. The lowest BCUT2D eigenvalue weighted by Gasteiger charge is -2.25. The average Bonchev–Trinajstić information content (AvgIpc) is 3.44. The second-order valence-corrected chi connectivity index (χ2v) is 9.90. The predicted octanol–water partition coefficient (Wildman–Crippen LogP) is 5.44. The summed E-state index contributed by atoms with van der Waals surface area (Å²) in [6, 6.07) is 21.9. The summed E-state index contributed by atoms with van der Waals surface area (Å²) in [4.78, 5) is 0. The van der Waals surface area contributed by atoms with E-state index >= 15 is 0 Å². The van der Waals surface area contributed by atoms with Crippen molar-refractivity contribution < 1.29 is 13.9 Å². The van der Waals surface area contributed by atoms with Gasteiger partial charge in [-0.1, -0.05) is 6.07 Å². The van der Waals surface area contributed by atoms with Gasteiger partial charge in [-0.05, 0) is 68.3 Å². The van der Waals surface area contributed by atoms with Crippen LogP contribution in [0.15, 0.2) is 73.1 Å². The van der Waals surface area contributed by atoms with Gasteiger partial charge in [0.1, 0.15) is 11.5 Å². The van der Waals surface area contributed by atoms with Gasteiger partial charge in [0.2, 0.25) is 11.2 Å². The van der Waals surface area contributed by atoms with Crippen LogP contribution in [-0.2, 0) is 5.66 Å². The molecule has 0 aliphatic carbocycles. The van der Waals surface area contributed by atoms with Gasteiger partial charge >= 0.3 is 5.66 Å². The second-order valence-electron chi connectivity index (χ2n) is 9.90. The van der Waals surface area contributed by atoms with E-state index in [0.717, 1.165) is 11.5 Å². The number of ether oxygens (including phenoxy) is 1. The SMILES string of the molecule is Cc1c(C)c2c3ccc[n+]4c3c3c5c(ccc3n2c1C)Oc1cccc2c1C54[n+]1ccccc1-2. The quantitative estimate of drug-likeness (QED) is 0.228. The van der Waals surface area contributed by atoms with Crippen molar-refractivity contribution in [1.29, 1.82) is 0 Å². The number of rotatable bonds is 0. The fraction of sp³-hybridized carbons (Fsp3) is 0.133. The van der Waals surface area contributed by atoms with Crippen molar-refractivity contribution >= 4 is 27.3 Å². The van der Waals surface area contributed by atoms with Crippen LogP contribution in [-0.4, -0.2) is 4.40 Å². The summed E-state index contributed by atoms with van der Waals surface area (Å²) in [6.07, 6.45) is 4.50.